The lowest BCUT2D eigenvalue weighted by molar-refractivity contribution is 0.0133. The predicted octanol–water partition coefficient (Wildman–Crippen LogP) is -1.05. The van der Waals surface area contributed by atoms with Crippen LogP contribution in [-0.2, 0) is 13.6 Å². The molecule has 0 saturated carbocycles. The molecule has 2 unspecified atom stereocenters. The van der Waals surface area contributed by atoms with Crippen molar-refractivity contribution in [3.8, 4) is 0 Å². The van der Waals surface area contributed by atoms with Crippen LogP contribution in [0.5, 0.6) is 0 Å². The minimum atomic E-state index is -0.568. The van der Waals surface area contributed by atoms with Gasteiger partial charge in [-0.2, -0.15) is 0 Å². The first-order chi connectivity index (χ1) is 6.70. The monoisotopic (exact) mass is 222 g/mol. The van der Waals surface area contributed by atoms with Gasteiger partial charge in [0.2, 0.25) is 0 Å². The third-order valence-corrected chi connectivity index (χ3v) is 2.13. The highest BCUT2D eigenvalue weighted by atomic mass is 28.3. The van der Waals surface area contributed by atoms with Gasteiger partial charge in [0.15, 0.2) is 0 Å². The maximum atomic E-state index is 5.42. The molecule has 0 aromatic rings. The molecule has 2 atom stereocenters. The van der Waals surface area contributed by atoms with Crippen LogP contribution >= 0.6 is 0 Å². The molecule has 0 aromatic carbocycles. The Labute approximate surface area is 88.3 Å². The summed E-state index contributed by atoms with van der Waals surface area (Å²) in [6.07, 6.45) is 1.33. The number of hydrogen-bond donors (Lipinski definition) is 2. The van der Waals surface area contributed by atoms with Gasteiger partial charge >= 0.3 is 10.0 Å². The van der Waals surface area contributed by atoms with E-state index >= 15 is 0 Å². The molecule has 1 saturated heterocycles. The normalized spacial score (nSPS) is 22.7. The topological polar surface area (TPSA) is 65.7 Å². The molecule has 0 aliphatic carbocycles. The third kappa shape index (κ3) is 8.61. The summed E-state index contributed by atoms with van der Waals surface area (Å²) in [5, 5.41) is 3.20. The van der Waals surface area contributed by atoms with Crippen molar-refractivity contribution >= 4 is 10.0 Å². The van der Waals surface area contributed by atoms with E-state index in [1.807, 2.05) is 6.92 Å². The van der Waals surface area contributed by atoms with E-state index in [2.05, 4.69) is 14.2 Å². The first-order valence-corrected chi connectivity index (χ1v) is 5.95. The van der Waals surface area contributed by atoms with Crippen molar-refractivity contribution in [1.29, 1.82) is 0 Å². The summed E-state index contributed by atoms with van der Waals surface area (Å²) in [7, 11) is 2.73. The minimum Gasteiger partial charge on any atom is -0.402 e. The van der Waals surface area contributed by atoms with Crippen molar-refractivity contribution in [2.45, 2.75) is 25.7 Å². The standard InChI is InChI=1S/C6H14N2O.C2H8O2Si/c1-5(7)9-6-2-3-8-4-6;1-3-5-4-2/h5-6,8H,2-4,7H2,1H3;5H2,1-2H3. The van der Waals surface area contributed by atoms with Gasteiger partial charge in [-0.15, -0.1) is 0 Å². The van der Waals surface area contributed by atoms with E-state index in [-0.39, 0.29) is 6.23 Å². The van der Waals surface area contributed by atoms with Crippen molar-refractivity contribution in [2.75, 3.05) is 27.3 Å². The summed E-state index contributed by atoms with van der Waals surface area (Å²) >= 11 is 0. The number of hydrogen-bond acceptors (Lipinski definition) is 5. The van der Waals surface area contributed by atoms with E-state index in [0.29, 0.717) is 6.10 Å². The van der Waals surface area contributed by atoms with E-state index in [4.69, 9.17) is 10.5 Å². The van der Waals surface area contributed by atoms with Gasteiger partial charge in [-0.25, -0.2) is 0 Å². The highest BCUT2D eigenvalue weighted by Crippen LogP contribution is 2.03. The molecular formula is C8H22N2O3Si. The molecule has 6 heteroatoms. The van der Waals surface area contributed by atoms with Gasteiger partial charge < -0.3 is 24.6 Å². The molecule has 1 aliphatic rings. The van der Waals surface area contributed by atoms with Crippen LogP contribution in [0.15, 0.2) is 0 Å². The minimum absolute atomic E-state index is 0.116. The lowest BCUT2D eigenvalue weighted by atomic mass is 10.3. The van der Waals surface area contributed by atoms with Crippen LogP contribution in [0.3, 0.4) is 0 Å². The van der Waals surface area contributed by atoms with Crippen molar-refractivity contribution in [1.82, 2.24) is 5.32 Å². The Hall–Kier alpha value is 0.0169. The summed E-state index contributed by atoms with van der Waals surface area (Å²) in [6.45, 7) is 3.89. The van der Waals surface area contributed by atoms with Gasteiger partial charge in [0.1, 0.15) is 6.23 Å². The van der Waals surface area contributed by atoms with Gasteiger partial charge in [-0.05, 0) is 19.9 Å². The molecule has 5 nitrogen and oxygen atoms in total. The summed E-state index contributed by atoms with van der Waals surface area (Å²) in [4.78, 5) is 0. The molecule has 1 rings (SSSR count). The van der Waals surface area contributed by atoms with Crippen molar-refractivity contribution in [3.63, 3.8) is 0 Å². The Balaban J connectivity index is 0.000000292. The molecule has 3 N–H and O–H groups in total. The van der Waals surface area contributed by atoms with E-state index in [1.165, 1.54) is 0 Å². The first kappa shape index (κ1) is 14.0. The van der Waals surface area contributed by atoms with Gasteiger partial charge in [-0.3, -0.25) is 0 Å². The van der Waals surface area contributed by atoms with Gasteiger partial charge in [0.05, 0.1) is 6.10 Å². The molecule has 0 amide bonds. The molecule has 0 aromatic heterocycles. The van der Waals surface area contributed by atoms with Crippen LogP contribution < -0.4 is 11.1 Å². The SMILES string of the molecule is CC(N)OC1CCNC1.CO[SiH2]OC. The largest absolute Gasteiger partial charge is 0.402 e. The van der Waals surface area contributed by atoms with Crippen LogP contribution in [0.25, 0.3) is 0 Å². The van der Waals surface area contributed by atoms with Crippen LogP contribution in [-0.4, -0.2) is 49.6 Å². The summed E-state index contributed by atoms with van der Waals surface area (Å²) in [5.74, 6) is 0. The Morgan fingerprint density at radius 2 is 2.07 bits per heavy atom. The summed E-state index contributed by atoms with van der Waals surface area (Å²) < 4.78 is 14.5. The molecule has 86 valence electrons. The highest BCUT2D eigenvalue weighted by Gasteiger charge is 2.15. The number of ether oxygens (including phenoxy) is 1. The lowest BCUT2D eigenvalue weighted by Gasteiger charge is -2.12. The zero-order valence-electron chi connectivity index (χ0n) is 9.29. The van der Waals surface area contributed by atoms with E-state index in [9.17, 15) is 0 Å². The molecular weight excluding hydrogens is 200 g/mol. The lowest BCUT2D eigenvalue weighted by Crippen LogP contribution is -2.27. The summed E-state index contributed by atoms with van der Waals surface area (Å²) in [6, 6.07) is 0. The maximum absolute atomic E-state index is 5.42. The molecule has 1 aliphatic heterocycles. The fourth-order valence-electron chi connectivity index (χ4n) is 1.17. The smallest absolute Gasteiger partial charge is 0.303 e. The average Bonchev–Trinajstić information content (AvgIpc) is 2.58. The van der Waals surface area contributed by atoms with Crippen LogP contribution in [0.2, 0.25) is 0 Å². The quantitative estimate of drug-likeness (QED) is 0.469. The second-order valence-electron chi connectivity index (χ2n) is 3.15. The number of rotatable bonds is 4. The fraction of sp³-hybridized carbons (Fsp3) is 1.00. The van der Waals surface area contributed by atoms with E-state index in [0.717, 1.165) is 19.5 Å². The molecule has 0 radical (unpaired) electrons. The highest BCUT2D eigenvalue weighted by molar-refractivity contribution is 6.17. The van der Waals surface area contributed by atoms with Crippen LogP contribution in [0, 0.1) is 0 Å². The van der Waals surface area contributed by atoms with Gasteiger partial charge in [-0.1, -0.05) is 0 Å². The first-order valence-electron chi connectivity index (χ1n) is 4.80. The third-order valence-electron chi connectivity index (χ3n) is 1.66. The van der Waals surface area contributed by atoms with Crippen molar-refractivity contribution in [3.05, 3.63) is 0 Å². The fourth-order valence-corrected chi connectivity index (χ4v) is 1.40. The number of nitrogens with two attached hydrogens (primary N) is 1. The van der Waals surface area contributed by atoms with Gasteiger partial charge in [0.25, 0.3) is 0 Å². The van der Waals surface area contributed by atoms with Crippen molar-refractivity contribution < 1.29 is 13.6 Å². The van der Waals surface area contributed by atoms with Crippen LogP contribution in [0.4, 0.5) is 0 Å². The van der Waals surface area contributed by atoms with Crippen LogP contribution in [0.1, 0.15) is 13.3 Å². The molecule has 1 heterocycles. The van der Waals surface area contributed by atoms with Crippen molar-refractivity contribution in [2.24, 2.45) is 5.73 Å². The number of nitrogens with one attached hydrogen (secondary N) is 1. The second kappa shape index (κ2) is 9.57. The second-order valence-corrected chi connectivity index (χ2v) is 4.54. The molecule has 1 fully saturated rings. The Bertz CT molecular complexity index is 119. The predicted molar refractivity (Wildman–Crippen MR) is 58.6 cm³/mol. The zero-order chi connectivity index (χ0) is 10.8. The Morgan fingerprint density at radius 3 is 2.36 bits per heavy atom. The summed E-state index contributed by atoms with van der Waals surface area (Å²) in [5.41, 5.74) is 5.42. The zero-order valence-corrected chi connectivity index (χ0v) is 10.7. The van der Waals surface area contributed by atoms with E-state index < -0.39 is 10.0 Å². The van der Waals surface area contributed by atoms with E-state index in [1.54, 1.807) is 14.2 Å². The Morgan fingerprint density at radius 1 is 1.43 bits per heavy atom. The molecule has 0 bridgehead atoms. The average molecular weight is 222 g/mol. The maximum Gasteiger partial charge on any atom is 0.303 e. The van der Waals surface area contributed by atoms with Gasteiger partial charge in [0, 0.05) is 20.8 Å². The molecule has 14 heavy (non-hydrogen) atoms. The Kier molecular flexibility index (Phi) is 9.58. The molecule has 0 spiro atoms.